The summed E-state index contributed by atoms with van der Waals surface area (Å²) >= 11 is 0. The number of aryl methyl sites for hydroxylation is 2. The first kappa shape index (κ1) is 16.7. The molecular weight excluding hydrogens is 298 g/mol. The average Bonchev–Trinajstić information content (AvgIpc) is 2.63. The van der Waals surface area contributed by atoms with Crippen LogP contribution in [0.5, 0.6) is 0 Å². The van der Waals surface area contributed by atoms with Crippen LogP contribution in [-0.4, -0.2) is 29.0 Å². The molecule has 24 heavy (non-hydrogen) atoms. The first-order chi connectivity index (χ1) is 11.6. The van der Waals surface area contributed by atoms with Gasteiger partial charge in [-0.3, -0.25) is 4.79 Å². The molecule has 3 rings (SSSR count). The summed E-state index contributed by atoms with van der Waals surface area (Å²) in [6.07, 6.45) is 1.24. The summed E-state index contributed by atoms with van der Waals surface area (Å²) in [6, 6.07) is 15.7. The molecule has 1 saturated heterocycles. The van der Waals surface area contributed by atoms with Crippen LogP contribution in [0, 0.1) is 19.8 Å². The van der Waals surface area contributed by atoms with Gasteiger partial charge >= 0.3 is 0 Å². The number of aliphatic hydroxyl groups excluding tert-OH is 1. The lowest BCUT2D eigenvalue weighted by atomic mass is 9.87. The fourth-order valence-electron chi connectivity index (χ4n) is 3.40. The number of nitrogens with zero attached hydrogens (tertiary/aromatic N) is 1. The topological polar surface area (TPSA) is 40.5 Å². The first-order valence-corrected chi connectivity index (χ1v) is 8.66. The van der Waals surface area contributed by atoms with E-state index in [0.717, 1.165) is 29.5 Å². The summed E-state index contributed by atoms with van der Waals surface area (Å²) in [4.78, 5) is 14.6. The van der Waals surface area contributed by atoms with E-state index < -0.39 is 6.10 Å². The Balaban J connectivity index is 1.62. The van der Waals surface area contributed by atoms with Crippen LogP contribution in [-0.2, 0) is 0 Å². The number of benzene rings is 2. The van der Waals surface area contributed by atoms with Crippen LogP contribution >= 0.6 is 0 Å². The lowest BCUT2D eigenvalue weighted by Crippen LogP contribution is -2.39. The van der Waals surface area contributed by atoms with E-state index in [2.05, 4.69) is 6.92 Å². The molecule has 2 aromatic carbocycles. The SMILES string of the molecule is Cc1ccc(C(=O)N2CCC(C(O)c3ccccc3)CC2)cc1C. The maximum absolute atomic E-state index is 12.7. The van der Waals surface area contributed by atoms with Gasteiger partial charge in [0.2, 0.25) is 0 Å². The van der Waals surface area contributed by atoms with E-state index >= 15 is 0 Å². The van der Waals surface area contributed by atoms with Gasteiger partial charge in [-0.15, -0.1) is 0 Å². The molecule has 0 saturated carbocycles. The summed E-state index contributed by atoms with van der Waals surface area (Å²) in [5, 5.41) is 10.6. The Kier molecular flexibility index (Phi) is 5.00. The second-order valence-electron chi connectivity index (χ2n) is 6.78. The van der Waals surface area contributed by atoms with Gasteiger partial charge in [0.05, 0.1) is 6.10 Å². The van der Waals surface area contributed by atoms with Crippen molar-refractivity contribution in [1.29, 1.82) is 0 Å². The summed E-state index contributed by atoms with van der Waals surface area (Å²) < 4.78 is 0. The summed E-state index contributed by atoms with van der Waals surface area (Å²) in [5.74, 6) is 0.321. The molecule has 1 amide bonds. The number of aliphatic hydroxyl groups is 1. The lowest BCUT2D eigenvalue weighted by molar-refractivity contribution is 0.0462. The minimum Gasteiger partial charge on any atom is -0.388 e. The highest BCUT2D eigenvalue weighted by molar-refractivity contribution is 5.94. The zero-order valence-corrected chi connectivity index (χ0v) is 14.4. The van der Waals surface area contributed by atoms with Crippen LogP contribution < -0.4 is 0 Å². The third kappa shape index (κ3) is 3.51. The van der Waals surface area contributed by atoms with Crippen LogP contribution in [0.2, 0.25) is 0 Å². The predicted molar refractivity (Wildman–Crippen MR) is 95.9 cm³/mol. The monoisotopic (exact) mass is 323 g/mol. The number of piperidine rings is 1. The Morgan fingerprint density at radius 1 is 1.04 bits per heavy atom. The largest absolute Gasteiger partial charge is 0.388 e. The van der Waals surface area contributed by atoms with Gasteiger partial charge in [0, 0.05) is 18.7 Å². The molecule has 1 heterocycles. The van der Waals surface area contributed by atoms with Gasteiger partial charge in [-0.1, -0.05) is 36.4 Å². The molecule has 0 aromatic heterocycles. The van der Waals surface area contributed by atoms with Crippen molar-refractivity contribution >= 4 is 5.91 Å². The van der Waals surface area contributed by atoms with E-state index in [9.17, 15) is 9.90 Å². The fraction of sp³-hybridized carbons (Fsp3) is 0.381. The fourth-order valence-corrected chi connectivity index (χ4v) is 3.40. The number of hydrogen-bond acceptors (Lipinski definition) is 2. The number of carbonyl (C=O) groups excluding carboxylic acids is 1. The zero-order valence-electron chi connectivity index (χ0n) is 14.4. The lowest BCUT2D eigenvalue weighted by Gasteiger charge is -2.34. The number of amides is 1. The van der Waals surface area contributed by atoms with E-state index in [1.807, 2.05) is 60.4 Å². The Hall–Kier alpha value is -2.13. The maximum Gasteiger partial charge on any atom is 0.253 e. The molecule has 3 heteroatoms. The number of rotatable bonds is 3. The molecule has 0 bridgehead atoms. The van der Waals surface area contributed by atoms with E-state index in [-0.39, 0.29) is 11.8 Å². The van der Waals surface area contributed by atoms with Gasteiger partial charge in [-0.25, -0.2) is 0 Å². The Morgan fingerprint density at radius 2 is 1.71 bits per heavy atom. The molecule has 1 fully saturated rings. The van der Waals surface area contributed by atoms with E-state index in [0.29, 0.717) is 13.1 Å². The summed E-state index contributed by atoms with van der Waals surface area (Å²) in [7, 11) is 0. The zero-order chi connectivity index (χ0) is 17.1. The molecule has 1 unspecified atom stereocenters. The smallest absolute Gasteiger partial charge is 0.253 e. The molecule has 126 valence electrons. The van der Waals surface area contributed by atoms with Crippen LogP contribution in [0.4, 0.5) is 0 Å². The van der Waals surface area contributed by atoms with Gasteiger partial charge in [-0.05, 0) is 61.4 Å². The van der Waals surface area contributed by atoms with Crippen molar-refractivity contribution < 1.29 is 9.90 Å². The van der Waals surface area contributed by atoms with Gasteiger partial charge < -0.3 is 10.0 Å². The van der Waals surface area contributed by atoms with E-state index in [1.54, 1.807) is 0 Å². The minimum atomic E-state index is -0.440. The van der Waals surface area contributed by atoms with Crippen LogP contribution in [0.3, 0.4) is 0 Å². The molecule has 1 aliphatic heterocycles. The van der Waals surface area contributed by atoms with Crippen molar-refractivity contribution in [2.75, 3.05) is 13.1 Å². The number of hydrogen-bond donors (Lipinski definition) is 1. The standard InChI is InChI=1S/C21H25NO2/c1-15-8-9-19(14-16(15)2)21(24)22-12-10-18(11-13-22)20(23)17-6-4-3-5-7-17/h3-9,14,18,20,23H,10-13H2,1-2H3. The van der Waals surface area contributed by atoms with Crippen molar-refractivity contribution in [3.63, 3.8) is 0 Å². The number of likely N-dealkylation sites (tertiary alicyclic amines) is 1. The van der Waals surface area contributed by atoms with Gasteiger partial charge in [0.1, 0.15) is 0 Å². The summed E-state index contributed by atoms with van der Waals surface area (Å²) in [5.41, 5.74) is 4.09. The third-order valence-electron chi connectivity index (χ3n) is 5.17. The molecule has 0 radical (unpaired) electrons. The van der Waals surface area contributed by atoms with Crippen LogP contribution in [0.15, 0.2) is 48.5 Å². The van der Waals surface area contributed by atoms with Crippen molar-refractivity contribution in [3.8, 4) is 0 Å². The highest BCUT2D eigenvalue weighted by atomic mass is 16.3. The third-order valence-corrected chi connectivity index (χ3v) is 5.17. The second-order valence-corrected chi connectivity index (χ2v) is 6.78. The molecule has 3 nitrogen and oxygen atoms in total. The first-order valence-electron chi connectivity index (χ1n) is 8.66. The Bertz CT molecular complexity index is 703. The van der Waals surface area contributed by atoms with Crippen molar-refractivity contribution in [2.24, 2.45) is 5.92 Å². The van der Waals surface area contributed by atoms with Gasteiger partial charge in [-0.2, -0.15) is 0 Å². The quantitative estimate of drug-likeness (QED) is 0.931. The molecule has 0 aliphatic carbocycles. The average molecular weight is 323 g/mol. The van der Waals surface area contributed by atoms with E-state index in [4.69, 9.17) is 0 Å². The predicted octanol–water partition coefficient (Wildman–Crippen LogP) is 3.89. The molecule has 1 N–H and O–H groups in total. The van der Waals surface area contributed by atoms with Gasteiger partial charge in [0.15, 0.2) is 0 Å². The summed E-state index contributed by atoms with van der Waals surface area (Å²) in [6.45, 7) is 5.51. The maximum atomic E-state index is 12.7. The molecule has 0 spiro atoms. The Morgan fingerprint density at radius 3 is 2.33 bits per heavy atom. The highest BCUT2D eigenvalue weighted by Gasteiger charge is 2.28. The van der Waals surface area contributed by atoms with E-state index in [1.165, 1.54) is 5.56 Å². The van der Waals surface area contributed by atoms with Crippen molar-refractivity contribution in [2.45, 2.75) is 32.8 Å². The van der Waals surface area contributed by atoms with Crippen molar-refractivity contribution in [1.82, 2.24) is 4.90 Å². The molecule has 1 aliphatic rings. The van der Waals surface area contributed by atoms with Crippen molar-refractivity contribution in [3.05, 3.63) is 70.8 Å². The molecular formula is C21H25NO2. The van der Waals surface area contributed by atoms with Crippen LogP contribution in [0.25, 0.3) is 0 Å². The van der Waals surface area contributed by atoms with Gasteiger partial charge in [0.25, 0.3) is 5.91 Å². The molecule has 2 aromatic rings. The second kappa shape index (κ2) is 7.18. The Labute approximate surface area is 143 Å². The number of carbonyl (C=O) groups is 1. The van der Waals surface area contributed by atoms with Crippen LogP contribution in [0.1, 0.15) is 46.0 Å². The minimum absolute atomic E-state index is 0.103. The molecule has 1 atom stereocenters. The highest BCUT2D eigenvalue weighted by Crippen LogP contribution is 2.31. The normalized spacial score (nSPS) is 16.9.